The fourth-order valence-electron chi connectivity index (χ4n) is 2.00. The minimum absolute atomic E-state index is 0. The van der Waals surface area contributed by atoms with Crippen LogP contribution in [-0.2, 0) is 0 Å². The van der Waals surface area contributed by atoms with E-state index in [0.29, 0.717) is 6.04 Å². The van der Waals surface area contributed by atoms with Gasteiger partial charge in [-0.2, -0.15) is 0 Å². The van der Waals surface area contributed by atoms with Gasteiger partial charge in [0, 0.05) is 6.20 Å². The fourth-order valence-corrected chi connectivity index (χ4v) is 2.00. The quantitative estimate of drug-likeness (QED) is 0.853. The van der Waals surface area contributed by atoms with E-state index in [9.17, 15) is 0 Å². The van der Waals surface area contributed by atoms with Crippen molar-refractivity contribution >= 4 is 30.5 Å². The van der Waals surface area contributed by atoms with E-state index in [-0.39, 0.29) is 24.8 Å². The van der Waals surface area contributed by atoms with Gasteiger partial charge in [-0.05, 0) is 31.5 Å². The summed E-state index contributed by atoms with van der Waals surface area (Å²) in [6.07, 6.45) is 4.41. The molecule has 1 aliphatic heterocycles. The molecule has 3 heterocycles. The molecule has 2 aromatic heterocycles. The maximum Gasteiger partial charge on any atom is 0.160 e. The molecule has 88 valence electrons. The molecule has 1 aliphatic rings. The summed E-state index contributed by atoms with van der Waals surface area (Å²) in [4.78, 5) is 0. The maximum absolute atomic E-state index is 4.23. The van der Waals surface area contributed by atoms with Crippen LogP contribution in [-0.4, -0.2) is 21.1 Å². The van der Waals surface area contributed by atoms with Crippen molar-refractivity contribution in [2.45, 2.75) is 18.9 Å². The highest BCUT2D eigenvalue weighted by atomic mass is 35.5. The number of hydrogen-bond acceptors (Lipinski definition) is 3. The zero-order valence-corrected chi connectivity index (χ0v) is 10.3. The number of fused-ring (bicyclic) bond motifs is 1. The second-order valence-electron chi connectivity index (χ2n) is 3.64. The summed E-state index contributed by atoms with van der Waals surface area (Å²) in [5.74, 6) is 1.04. The van der Waals surface area contributed by atoms with Crippen LogP contribution < -0.4 is 5.32 Å². The second-order valence-corrected chi connectivity index (χ2v) is 3.64. The number of aromatic nitrogens is 3. The van der Waals surface area contributed by atoms with Crippen molar-refractivity contribution < 1.29 is 0 Å². The van der Waals surface area contributed by atoms with Crippen LogP contribution in [0.3, 0.4) is 0 Å². The Labute approximate surface area is 106 Å². The Hall–Kier alpha value is -0.840. The molecule has 16 heavy (non-hydrogen) atoms. The highest BCUT2D eigenvalue weighted by Gasteiger charge is 2.20. The maximum atomic E-state index is 4.23. The topological polar surface area (TPSA) is 42.2 Å². The summed E-state index contributed by atoms with van der Waals surface area (Å²) in [7, 11) is 0. The van der Waals surface area contributed by atoms with E-state index < -0.39 is 0 Å². The smallest absolute Gasteiger partial charge is 0.160 e. The molecule has 0 spiro atoms. The third-order valence-corrected chi connectivity index (χ3v) is 2.71. The van der Waals surface area contributed by atoms with Gasteiger partial charge in [0.25, 0.3) is 0 Å². The average molecular weight is 261 g/mol. The molecule has 1 N–H and O–H groups in total. The van der Waals surface area contributed by atoms with Crippen LogP contribution in [0.5, 0.6) is 0 Å². The van der Waals surface area contributed by atoms with Gasteiger partial charge in [-0.25, -0.2) is 0 Å². The van der Waals surface area contributed by atoms with Gasteiger partial charge in [0.2, 0.25) is 0 Å². The number of hydrogen-bond donors (Lipinski definition) is 1. The zero-order valence-electron chi connectivity index (χ0n) is 8.67. The molecule has 0 unspecified atom stereocenters. The highest BCUT2D eigenvalue weighted by Crippen LogP contribution is 2.21. The average Bonchev–Trinajstić information content (AvgIpc) is 2.85. The lowest BCUT2D eigenvalue weighted by Crippen LogP contribution is -2.15. The molecule has 0 aromatic carbocycles. The lowest BCUT2D eigenvalue weighted by Gasteiger charge is -2.06. The summed E-state index contributed by atoms with van der Waals surface area (Å²) in [5.41, 5.74) is 0.927. The van der Waals surface area contributed by atoms with E-state index >= 15 is 0 Å². The van der Waals surface area contributed by atoms with Gasteiger partial charge in [0.05, 0.1) is 6.04 Å². The van der Waals surface area contributed by atoms with Crippen molar-refractivity contribution in [3.63, 3.8) is 0 Å². The van der Waals surface area contributed by atoms with Crippen molar-refractivity contribution in [1.29, 1.82) is 0 Å². The predicted octanol–water partition coefficient (Wildman–Crippen LogP) is 2.00. The van der Waals surface area contributed by atoms with Crippen LogP contribution in [0.1, 0.15) is 24.7 Å². The molecule has 6 heteroatoms. The lowest BCUT2D eigenvalue weighted by molar-refractivity contribution is 0.598. The number of halogens is 2. The second kappa shape index (κ2) is 5.48. The standard InChI is InChI=1S/C10H12N4.2ClH/c1-2-7-14-9(5-1)12-13-10(14)8-4-3-6-11-8;;/h1-2,5,7-8,11H,3-4,6H2;2*1H/t8-;;/m0../s1. The Morgan fingerprint density at radius 3 is 2.88 bits per heavy atom. The van der Waals surface area contributed by atoms with Gasteiger partial charge >= 0.3 is 0 Å². The van der Waals surface area contributed by atoms with E-state index in [4.69, 9.17) is 0 Å². The van der Waals surface area contributed by atoms with Crippen molar-refractivity contribution in [1.82, 2.24) is 19.9 Å². The van der Waals surface area contributed by atoms with Crippen molar-refractivity contribution in [3.8, 4) is 0 Å². The monoisotopic (exact) mass is 260 g/mol. The Morgan fingerprint density at radius 2 is 2.12 bits per heavy atom. The summed E-state index contributed by atoms with van der Waals surface area (Å²) >= 11 is 0. The molecule has 1 fully saturated rings. The lowest BCUT2D eigenvalue weighted by atomic mass is 10.2. The van der Waals surface area contributed by atoms with Crippen LogP contribution in [0.25, 0.3) is 5.65 Å². The number of pyridine rings is 1. The van der Waals surface area contributed by atoms with Crippen molar-refractivity contribution in [2.75, 3.05) is 6.54 Å². The van der Waals surface area contributed by atoms with Crippen molar-refractivity contribution in [2.24, 2.45) is 0 Å². The Kier molecular flexibility index (Phi) is 4.53. The third kappa shape index (κ3) is 2.14. The van der Waals surface area contributed by atoms with Gasteiger partial charge in [-0.15, -0.1) is 35.0 Å². The third-order valence-electron chi connectivity index (χ3n) is 2.71. The fraction of sp³-hybridized carbons (Fsp3) is 0.400. The molecule has 0 bridgehead atoms. The largest absolute Gasteiger partial charge is 0.307 e. The molecule has 1 saturated heterocycles. The summed E-state index contributed by atoms with van der Waals surface area (Å²) in [6.45, 7) is 1.09. The molecular formula is C10H14Cl2N4. The van der Waals surface area contributed by atoms with Crippen LogP contribution in [0.4, 0.5) is 0 Å². The summed E-state index contributed by atoms with van der Waals surface area (Å²) in [6, 6.07) is 6.35. The normalized spacial score (nSPS) is 19.1. The SMILES string of the molecule is Cl.Cl.c1ccn2c([C@@H]3CCCN3)nnc2c1. The van der Waals surface area contributed by atoms with Gasteiger partial charge in [-0.1, -0.05) is 6.07 Å². The minimum Gasteiger partial charge on any atom is -0.307 e. The van der Waals surface area contributed by atoms with Crippen molar-refractivity contribution in [3.05, 3.63) is 30.2 Å². The van der Waals surface area contributed by atoms with E-state index in [2.05, 4.69) is 19.9 Å². The Morgan fingerprint density at radius 1 is 1.25 bits per heavy atom. The summed E-state index contributed by atoms with van der Waals surface area (Å²) < 4.78 is 2.06. The molecular weight excluding hydrogens is 247 g/mol. The Balaban J connectivity index is 0.000000640. The highest BCUT2D eigenvalue weighted by molar-refractivity contribution is 5.85. The minimum atomic E-state index is 0. The first-order valence-corrected chi connectivity index (χ1v) is 4.98. The predicted molar refractivity (Wildman–Crippen MR) is 67.5 cm³/mol. The Bertz CT molecular complexity index is 451. The van der Waals surface area contributed by atoms with Gasteiger partial charge in [0.15, 0.2) is 11.5 Å². The molecule has 4 nitrogen and oxygen atoms in total. The molecule has 0 radical (unpaired) electrons. The zero-order chi connectivity index (χ0) is 9.38. The first-order valence-electron chi connectivity index (χ1n) is 4.98. The number of nitrogens with one attached hydrogen (secondary N) is 1. The van der Waals surface area contributed by atoms with Gasteiger partial charge < -0.3 is 5.32 Å². The van der Waals surface area contributed by atoms with E-state index in [0.717, 1.165) is 24.4 Å². The first-order chi connectivity index (χ1) is 6.95. The molecule has 0 amide bonds. The molecule has 1 atom stereocenters. The number of nitrogens with zero attached hydrogens (tertiary/aromatic N) is 3. The molecule has 0 aliphatic carbocycles. The molecule has 2 aromatic rings. The van der Waals surface area contributed by atoms with Gasteiger partial charge in [-0.3, -0.25) is 4.40 Å². The van der Waals surface area contributed by atoms with E-state index in [1.165, 1.54) is 6.42 Å². The van der Waals surface area contributed by atoms with Crippen LogP contribution in [0.15, 0.2) is 24.4 Å². The van der Waals surface area contributed by atoms with Crippen LogP contribution in [0.2, 0.25) is 0 Å². The number of rotatable bonds is 1. The molecule has 0 saturated carbocycles. The summed E-state index contributed by atoms with van der Waals surface area (Å²) in [5, 5.41) is 11.8. The first kappa shape index (κ1) is 13.2. The molecule has 3 rings (SSSR count). The van der Waals surface area contributed by atoms with Gasteiger partial charge in [0.1, 0.15) is 0 Å². The van der Waals surface area contributed by atoms with Crippen LogP contribution in [0, 0.1) is 0 Å². The van der Waals surface area contributed by atoms with Crippen LogP contribution >= 0.6 is 24.8 Å². The van der Waals surface area contributed by atoms with E-state index in [1.807, 2.05) is 24.4 Å². The van der Waals surface area contributed by atoms with E-state index in [1.54, 1.807) is 0 Å².